The molecule has 0 atom stereocenters. The van der Waals surface area contributed by atoms with Crippen molar-refractivity contribution in [1.29, 1.82) is 0 Å². The van der Waals surface area contributed by atoms with E-state index in [1.54, 1.807) is 0 Å². The minimum absolute atomic E-state index is 0. The fraction of sp³-hybridized carbons (Fsp3) is 0.0204. The predicted molar refractivity (Wildman–Crippen MR) is 207 cm³/mol. The summed E-state index contributed by atoms with van der Waals surface area (Å²) in [5.74, 6) is 19.7. The molecule has 0 saturated carbocycles. The van der Waals surface area contributed by atoms with Crippen LogP contribution in [-0.2, 0) is 0 Å². The van der Waals surface area contributed by atoms with Crippen LogP contribution in [0.15, 0.2) is 182 Å². The molecule has 0 unspecified atom stereocenters. The van der Waals surface area contributed by atoms with E-state index in [0.29, 0.717) is 0 Å². The Morgan fingerprint density at radius 3 is 0.633 bits per heavy atom. The van der Waals surface area contributed by atoms with Crippen molar-refractivity contribution in [2.45, 2.75) is 7.43 Å². The zero-order valence-corrected chi connectivity index (χ0v) is 26.3. The van der Waals surface area contributed by atoms with Crippen molar-refractivity contribution >= 4 is 0 Å². The van der Waals surface area contributed by atoms with Crippen molar-refractivity contribution in [3.8, 4) is 68.9 Å². The first-order chi connectivity index (χ1) is 23.7. The van der Waals surface area contributed by atoms with Gasteiger partial charge in [0.25, 0.3) is 0 Å². The van der Waals surface area contributed by atoms with E-state index in [2.05, 4.69) is 127 Å². The molecule has 0 aliphatic heterocycles. The van der Waals surface area contributed by atoms with Crippen LogP contribution < -0.4 is 0 Å². The topological polar surface area (TPSA) is 0 Å². The lowest BCUT2D eigenvalue weighted by atomic mass is 9.92. The number of rotatable bonds is 3. The lowest BCUT2D eigenvalue weighted by molar-refractivity contribution is 1.54. The van der Waals surface area contributed by atoms with Crippen LogP contribution in [0.2, 0.25) is 0 Å². The molecule has 0 nitrogen and oxygen atoms in total. The van der Waals surface area contributed by atoms with Crippen LogP contribution in [0.25, 0.3) is 33.4 Å². The first-order valence-corrected chi connectivity index (χ1v) is 15.9. The molecule has 0 N–H and O–H groups in total. The average Bonchev–Trinajstić information content (AvgIpc) is 3.17. The highest BCUT2D eigenvalue weighted by molar-refractivity contribution is 5.81. The van der Waals surface area contributed by atoms with Gasteiger partial charge in [-0.05, 0) is 124 Å². The third-order valence-corrected chi connectivity index (χ3v) is 7.96. The zero-order valence-electron chi connectivity index (χ0n) is 26.3. The molecule has 7 aromatic rings. The second kappa shape index (κ2) is 15.7. The van der Waals surface area contributed by atoms with Crippen LogP contribution in [0.4, 0.5) is 0 Å². The average molecular weight is 623 g/mol. The Balaban J connectivity index is 0.00000417. The van der Waals surface area contributed by atoms with Gasteiger partial charge in [0.15, 0.2) is 0 Å². The number of hydrogen-bond acceptors (Lipinski definition) is 0. The van der Waals surface area contributed by atoms with E-state index in [9.17, 15) is 0 Å². The highest BCUT2D eigenvalue weighted by Crippen LogP contribution is 2.33. The van der Waals surface area contributed by atoms with Crippen molar-refractivity contribution in [3.05, 3.63) is 215 Å². The molecule has 0 heteroatoms. The molecule has 0 radical (unpaired) electrons. The summed E-state index contributed by atoms with van der Waals surface area (Å²) in [5, 5.41) is 0. The van der Waals surface area contributed by atoms with Gasteiger partial charge in [0.05, 0.1) is 0 Å². The summed E-state index contributed by atoms with van der Waals surface area (Å²) in [7, 11) is 0. The van der Waals surface area contributed by atoms with Gasteiger partial charge >= 0.3 is 0 Å². The molecule has 0 aliphatic rings. The fourth-order valence-corrected chi connectivity index (χ4v) is 5.36. The maximum atomic E-state index is 3.29. The van der Waals surface area contributed by atoms with E-state index in [-0.39, 0.29) is 7.43 Å². The van der Waals surface area contributed by atoms with Crippen LogP contribution in [0.5, 0.6) is 0 Å². The molecule has 0 spiro atoms. The normalized spacial score (nSPS) is 9.80. The van der Waals surface area contributed by atoms with Gasteiger partial charge in [-0.2, -0.15) is 0 Å². The zero-order chi connectivity index (χ0) is 32.4. The highest BCUT2D eigenvalue weighted by atomic mass is 14.1. The van der Waals surface area contributed by atoms with E-state index < -0.39 is 0 Å². The van der Waals surface area contributed by atoms with E-state index in [0.717, 1.165) is 66.8 Å². The molecule has 0 amide bonds. The third kappa shape index (κ3) is 8.53. The molecular weight excluding hydrogens is 589 g/mol. The molecule has 0 fully saturated rings. The molecular formula is C49H34. The smallest absolute Gasteiger partial charge is 0.0249 e. The van der Waals surface area contributed by atoms with Gasteiger partial charge in [0, 0.05) is 33.4 Å². The highest BCUT2D eigenvalue weighted by Gasteiger charge is 2.08. The second-order valence-electron chi connectivity index (χ2n) is 11.4. The van der Waals surface area contributed by atoms with Gasteiger partial charge in [0.1, 0.15) is 0 Å². The summed E-state index contributed by atoms with van der Waals surface area (Å²) in [6, 6.07) is 62.5. The standard InChI is InChI=1S/C48H30.CH4/c1-4-10-37(11-5-1)16-19-40-22-28-43(29-23-40)46-34-47(44-30-24-41(25-31-44)20-17-38-12-6-2-7-13-38)36-48(35-46)45-32-26-42(27-33-45)21-18-39-14-8-3-9-15-39;/h1-15,22-36H;1H4. The van der Waals surface area contributed by atoms with Crippen LogP contribution in [0, 0.1) is 35.5 Å². The molecule has 0 aliphatic carbocycles. The summed E-state index contributed by atoms with van der Waals surface area (Å²) in [5.41, 5.74) is 12.8. The maximum absolute atomic E-state index is 3.29. The minimum Gasteiger partial charge on any atom is -0.0776 e. The second-order valence-corrected chi connectivity index (χ2v) is 11.4. The maximum Gasteiger partial charge on any atom is 0.0249 e. The van der Waals surface area contributed by atoms with Crippen molar-refractivity contribution < 1.29 is 0 Å². The number of hydrogen-bond donors (Lipinski definition) is 0. The fourth-order valence-electron chi connectivity index (χ4n) is 5.36. The molecule has 7 aromatic carbocycles. The summed E-state index contributed by atoms with van der Waals surface area (Å²) in [4.78, 5) is 0. The molecule has 0 aromatic heterocycles. The Bertz CT molecular complexity index is 2040. The minimum atomic E-state index is 0. The Kier molecular flexibility index (Phi) is 10.3. The van der Waals surface area contributed by atoms with Crippen molar-refractivity contribution in [2.24, 2.45) is 0 Å². The molecule has 7 rings (SSSR count). The van der Waals surface area contributed by atoms with Crippen LogP contribution in [0.1, 0.15) is 40.8 Å². The molecule has 0 saturated heterocycles. The van der Waals surface area contributed by atoms with Gasteiger partial charge in [-0.25, -0.2) is 0 Å². The largest absolute Gasteiger partial charge is 0.0776 e. The van der Waals surface area contributed by atoms with Crippen LogP contribution >= 0.6 is 0 Å². The molecule has 49 heavy (non-hydrogen) atoms. The summed E-state index contributed by atoms with van der Waals surface area (Å²) >= 11 is 0. The van der Waals surface area contributed by atoms with E-state index in [4.69, 9.17) is 0 Å². The van der Waals surface area contributed by atoms with E-state index >= 15 is 0 Å². The van der Waals surface area contributed by atoms with Crippen LogP contribution in [-0.4, -0.2) is 0 Å². The first kappa shape index (κ1) is 32.2. The predicted octanol–water partition coefficient (Wildman–Crippen LogP) is 11.5. The molecule has 230 valence electrons. The summed E-state index contributed by atoms with van der Waals surface area (Å²) in [6.45, 7) is 0. The Labute approximate surface area is 290 Å². The van der Waals surface area contributed by atoms with Crippen molar-refractivity contribution in [2.75, 3.05) is 0 Å². The molecule has 0 heterocycles. The first-order valence-electron chi connectivity index (χ1n) is 15.9. The quantitative estimate of drug-likeness (QED) is 0.172. The molecule has 0 bridgehead atoms. The van der Waals surface area contributed by atoms with Crippen molar-refractivity contribution in [1.82, 2.24) is 0 Å². The third-order valence-electron chi connectivity index (χ3n) is 7.96. The van der Waals surface area contributed by atoms with Gasteiger partial charge < -0.3 is 0 Å². The van der Waals surface area contributed by atoms with Gasteiger partial charge in [0.2, 0.25) is 0 Å². The lowest BCUT2D eigenvalue weighted by Crippen LogP contribution is -1.87. The summed E-state index contributed by atoms with van der Waals surface area (Å²) in [6.07, 6.45) is 0. The number of benzene rings is 7. The van der Waals surface area contributed by atoms with Gasteiger partial charge in [-0.1, -0.05) is 134 Å². The lowest BCUT2D eigenvalue weighted by Gasteiger charge is -2.12. The monoisotopic (exact) mass is 622 g/mol. The van der Waals surface area contributed by atoms with Gasteiger partial charge in [-0.3, -0.25) is 0 Å². The van der Waals surface area contributed by atoms with E-state index in [1.165, 1.54) is 0 Å². The van der Waals surface area contributed by atoms with Crippen LogP contribution in [0.3, 0.4) is 0 Å². The van der Waals surface area contributed by atoms with E-state index in [1.807, 2.05) is 91.0 Å². The Hall–Kier alpha value is -6.78. The van der Waals surface area contributed by atoms with Gasteiger partial charge in [-0.15, -0.1) is 0 Å². The van der Waals surface area contributed by atoms with Crippen molar-refractivity contribution in [3.63, 3.8) is 0 Å². The Morgan fingerprint density at radius 2 is 0.408 bits per heavy atom. The Morgan fingerprint density at radius 1 is 0.204 bits per heavy atom. The summed E-state index contributed by atoms with van der Waals surface area (Å²) < 4.78 is 0. The SMILES string of the molecule is C.C(#Cc1ccc(-c2cc(-c3ccc(C#Cc4ccccc4)cc3)cc(-c3ccc(C#Cc4ccccc4)cc3)c2)cc1)c1ccccc1.